The number of benzene rings is 1. The summed E-state index contributed by atoms with van der Waals surface area (Å²) in [7, 11) is 0. The number of rotatable bonds is 44. The fourth-order valence-electron chi connectivity index (χ4n) is 9.61. The summed E-state index contributed by atoms with van der Waals surface area (Å²) in [6, 6.07) is -6.08. The number of nitrogens with one attached hydrogen (secondary N) is 12. The number of aliphatic hydroxyl groups excluding tert-OH is 3. The molecular formula is C59H99N23O17. The normalized spacial score (nSPS) is 15.4. The highest BCUT2D eigenvalue weighted by Gasteiger charge is 2.37. The Labute approximate surface area is 571 Å². The summed E-state index contributed by atoms with van der Waals surface area (Å²) in [6.45, 7) is 3.00. The largest absolute Gasteiger partial charge is 0.394 e. The maximum Gasteiger partial charge on any atom is 0.245 e. The van der Waals surface area contributed by atoms with E-state index in [0.717, 1.165) is 6.92 Å². The van der Waals surface area contributed by atoms with Crippen molar-refractivity contribution < 1.29 is 82.4 Å². The Kier molecular flexibility index (Phi) is 37.9. The number of aliphatic hydroxyl groups is 3. The number of nitrogens with two attached hydrogens (primary N) is 7. The van der Waals surface area contributed by atoms with Crippen LogP contribution in [0.4, 0.5) is 0 Å². The van der Waals surface area contributed by atoms with Crippen LogP contribution >= 0.6 is 0 Å². The van der Waals surface area contributed by atoms with E-state index in [1.165, 1.54) is 18.7 Å². The fraction of sp³-hybridized carbons (Fsp3) is 0.610. The van der Waals surface area contributed by atoms with E-state index in [-0.39, 0.29) is 101 Å². The molecule has 0 radical (unpaired) electrons. The smallest absolute Gasteiger partial charge is 0.245 e. The van der Waals surface area contributed by atoms with Crippen LogP contribution in [0.1, 0.15) is 98.0 Å². The first-order valence-electron chi connectivity index (χ1n) is 31.9. The Hall–Kier alpha value is -10.5. The van der Waals surface area contributed by atoms with E-state index in [4.69, 9.17) is 40.1 Å². The molecule has 1 heterocycles. The molecule has 0 bridgehead atoms. The first kappa shape index (κ1) is 84.6. The summed E-state index contributed by atoms with van der Waals surface area (Å²) < 4.78 is 0. The lowest BCUT2D eigenvalue weighted by molar-refractivity contribution is -0.137. The number of likely N-dealkylation sites (tertiary alicyclic amines) is 1. The molecule has 29 N–H and O–H groups in total. The number of carbonyl (C=O) groups is 14. The second-order valence-electron chi connectivity index (χ2n) is 23.5. The van der Waals surface area contributed by atoms with Crippen molar-refractivity contribution in [3.8, 4) is 0 Å². The molecule has 40 heteroatoms. The Balaban J connectivity index is 2.36. The number of nitrogens with zero attached hydrogens (tertiary/aromatic N) is 4. The van der Waals surface area contributed by atoms with Gasteiger partial charge in [0.05, 0.1) is 39.0 Å². The first-order valence-corrected chi connectivity index (χ1v) is 31.9. The summed E-state index contributed by atoms with van der Waals surface area (Å²) in [4.78, 5) is 200. The van der Waals surface area contributed by atoms with Crippen molar-refractivity contribution in [2.45, 2.75) is 165 Å². The molecule has 2 rings (SSSR count). The molecule has 1 saturated heterocycles. The summed E-state index contributed by atoms with van der Waals surface area (Å²) >= 11 is 0. The highest BCUT2D eigenvalue weighted by molar-refractivity contribution is 5.99. The predicted octanol–water partition coefficient (Wildman–Crippen LogP) is -11.0. The Morgan fingerprint density at radius 1 is 0.495 bits per heavy atom. The number of aliphatic imine (C=N–C) groups is 3. The zero-order valence-corrected chi connectivity index (χ0v) is 56.1. The number of primary amides is 1. The molecule has 0 unspecified atom stereocenters. The molecule has 0 spiro atoms. The van der Waals surface area contributed by atoms with Crippen LogP contribution in [-0.2, 0) is 73.5 Å². The van der Waals surface area contributed by atoms with Crippen LogP contribution in [0.3, 0.4) is 0 Å². The highest BCUT2D eigenvalue weighted by Crippen LogP contribution is 2.17. The molecule has 0 aliphatic carbocycles. The minimum absolute atomic E-state index is 0.00568. The maximum atomic E-state index is 14.5. The van der Waals surface area contributed by atoms with E-state index < -0.39 is 176 Å². The van der Waals surface area contributed by atoms with Gasteiger partial charge in [-0.3, -0.25) is 82.1 Å². The van der Waals surface area contributed by atoms with Gasteiger partial charge in [0, 0.05) is 39.5 Å². The summed E-state index contributed by atoms with van der Waals surface area (Å²) in [5.74, 6) is -13.9. The number of hydrogen-bond acceptors (Lipinski definition) is 20. The predicted molar refractivity (Wildman–Crippen MR) is 357 cm³/mol. The number of amides is 14. The van der Waals surface area contributed by atoms with Crippen molar-refractivity contribution in [3.63, 3.8) is 0 Å². The monoisotopic (exact) mass is 1400 g/mol. The minimum Gasteiger partial charge on any atom is -0.394 e. The van der Waals surface area contributed by atoms with E-state index in [1.54, 1.807) is 44.2 Å². The lowest BCUT2D eigenvalue weighted by atomic mass is 10.0. The molecule has 0 saturated carbocycles. The van der Waals surface area contributed by atoms with Crippen molar-refractivity contribution >= 4 is 101 Å². The van der Waals surface area contributed by atoms with Gasteiger partial charge in [0.2, 0.25) is 82.7 Å². The lowest BCUT2D eigenvalue weighted by Crippen LogP contribution is -2.60. The van der Waals surface area contributed by atoms with E-state index in [9.17, 15) is 82.4 Å². The molecule has 1 aromatic rings. The van der Waals surface area contributed by atoms with Crippen molar-refractivity contribution in [1.82, 2.24) is 68.7 Å². The molecule has 1 aliphatic rings. The van der Waals surface area contributed by atoms with Crippen LogP contribution in [0, 0.1) is 5.92 Å². The van der Waals surface area contributed by atoms with Crippen LogP contribution in [0.5, 0.6) is 0 Å². The lowest BCUT2D eigenvalue weighted by Gasteiger charge is -2.28. The van der Waals surface area contributed by atoms with Crippen LogP contribution in [0.25, 0.3) is 0 Å². The van der Waals surface area contributed by atoms with Crippen molar-refractivity contribution in [2.75, 3.05) is 59.0 Å². The van der Waals surface area contributed by atoms with E-state index in [2.05, 4.69) is 78.8 Å². The van der Waals surface area contributed by atoms with Crippen molar-refractivity contribution in [3.05, 3.63) is 35.9 Å². The third kappa shape index (κ3) is 32.9. The average Bonchev–Trinajstić information content (AvgIpc) is 1.78. The zero-order valence-electron chi connectivity index (χ0n) is 56.1. The van der Waals surface area contributed by atoms with Crippen LogP contribution in [0.2, 0.25) is 0 Å². The van der Waals surface area contributed by atoms with Gasteiger partial charge >= 0.3 is 0 Å². The Morgan fingerprint density at radius 3 is 1.33 bits per heavy atom. The van der Waals surface area contributed by atoms with Gasteiger partial charge < -0.3 is 124 Å². The van der Waals surface area contributed by atoms with E-state index >= 15 is 0 Å². The molecule has 40 nitrogen and oxygen atoms in total. The number of hydrogen-bond donors (Lipinski definition) is 22. The molecule has 11 atom stereocenters. The van der Waals surface area contributed by atoms with E-state index in [1.807, 2.05) is 0 Å². The Morgan fingerprint density at radius 2 is 0.889 bits per heavy atom. The van der Waals surface area contributed by atoms with Gasteiger partial charge in [-0.2, -0.15) is 0 Å². The molecule has 1 aliphatic heterocycles. The molecule has 0 aromatic heterocycles. The average molecular weight is 1400 g/mol. The number of guanidine groups is 3. The van der Waals surface area contributed by atoms with Gasteiger partial charge in [-0.25, -0.2) is 0 Å². The first-order chi connectivity index (χ1) is 46.7. The number of carbonyl (C=O) groups excluding carboxylic acids is 14. The van der Waals surface area contributed by atoms with Crippen LogP contribution in [-0.4, -0.2) is 246 Å². The molecule has 1 fully saturated rings. The van der Waals surface area contributed by atoms with Gasteiger partial charge in [0.15, 0.2) is 17.9 Å². The summed E-state index contributed by atoms with van der Waals surface area (Å²) in [5.41, 5.74) is 38.7. The van der Waals surface area contributed by atoms with Crippen molar-refractivity contribution in [2.24, 2.45) is 61.0 Å². The summed E-state index contributed by atoms with van der Waals surface area (Å²) in [6.07, 6.45) is -1.25. The molecular weight excluding hydrogens is 1300 g/mol. The third-order valence-corrected chi connectivity index (χ3v) is 14.8. The fourth-order valence-corrected chi connectivity index (χ4v) is 9.61. The minimum atomic E-state index is -1.84. The van der Waals surface area contributed by atoms with Crippen LogP contribution < -0.4 is 104 Å². The highest BCUT2D eigenvalue weighted by atomic mass is 16.3. The molecule has 14 amide bonds. The van der Waals surface area contributed by atoms with Gasteiger partial charge in [-0.1, -0.05) is 44.2 Å². The molecule has 99 heavy (non-hydrogen) atoms. The maximum absolute atomic E-state index is 14.5. The zero-order chi connectivity index (χ0) is 74.5. The topological polar surface area (TPSA) is 666 Å². The second-order valence-corrected chi connectivity index (χ2v) is 23.5. The van der Waals surface area contributed by atoms with E-state index in [0.29, 0.717) is 24.9 Å². The van der Waals surface area contributed by atoms with Gasteiger partial charge in [0.1, 0.15) is 60.4 Å². The van der Waals surface area contributed by atoms with Crippen LogP contribution in [0.15, 0.2) is 45.3 Å². The van der Waals surface area contributed by atoms with Gasteiger partial charge in [0.25, 0.3) is 0 Å². The Bertz CT molecular complexity index is 3020. The van der Waals surface area contributed by atoms with Gasteiger partial charge in [-0.05, 0) is 83.1 Å². The molecule has 552 valence electrons. The molecule has 1 aromatic carbocycles. The SMILES string of the molecule is CC(=O)N1CCC[C@H]1C(=O)NCC(=O)N[C@@H](Cc1ccccc1)C(=O)N[C@@H](CCCN=C(N)N)C(=O)N[C@@H](CC(C)C)C(=O)N[C@@H](CCCN=C(N)N)C(=O)N[C@@H](CO)C(=O)NCC(=O)N[C@@H](CCCN=C(N)N)C(=O)N[C@@H](CO)C(=O)N[C@H](C(=O)NCC(=O)N[C@@H](C)C(N)=O)[C@@H](C)O. The standard InChI is InChI=1S/C59H99N23O17/c1-30(2)23-38(78-50(93)36(16-10-20-68-58(63)64)77-53(96)39(24-34-13-7-6-8-14-34)75-45(89)27-71-55(98)42-18-12-22-82(42)33(5)86)52(95)76-37(17-11-21-69-59(65)66)51(94)79-40(28-83)48(91)70-26-44(88)74-35(15-9-19-67-57(61)62)49(92)80-41(29-84)54(97)81-46(32(4)85)56(99)72-25-43(87)73-31(3)47(60)90/h6-8,13-14,30-32,35-42,46,83-85H,9-12,15-29H2,1-5H3,(H2,60,90)(H,70,91)(H,71,98)(H,72,99)(H,73,87)(H,74,88)(H,75,89)(H,76,95)(H,77,96)(H,78,93)(H,79,94)(H,80,92)(H,81,97)(H4,61,62,67)(H4,63,64,68)(H4,65,66,69)/t31-,32+,35-,36-,37-,38-,39-,40-,41-,42-,46-/m0/s1. The third-order valence-electron chi connectivity index (χ3n) is 14.8. The quantitative estimate of drug-likeness (QED) is 0.0164. The summed E-state index contributed by atoms with van der Waals surface area (Å²) in [5, 5.41) is 59.5. The van der Waals surface area contributed by atoms with Gasteiger partial charge in [-0.15, -0.1) is 0 Å². The van der Waals surface area contributed by atoms with Crippen molar-refractivity contribution in [1.29, 1.82) is 0 Å². The second kappa shape index (κ2) is 44.3.